The van der Waals surface area contributed by atoms with Gasteiger partial charge in [0, 0.05) is 12.1 Å². The van der Waals surface area contributed by atoms with Crippen LogP contribution in [0.25, 0.3) is 0 Å². The average molecular weight is 252 g/mol. The normalized spacial score (nSPS) is 36.4. The smallest absolute Gasteiger partial charge is 0.240 e. The highest BCUT2D eigenvalue weighted by Gasteiger charge is 2.42. The Kier molecular flexibility index (Phi) is 4.00. The second-order valence-corrected chi connectivity index (χ2v) is 6.85. The molecule has 2 heterocycles. The number of amides is 1. The van der Waals surface area contributed by atoms with Gasteiger partial charge in [-0.05, 0) is 57.9 Å². The number of hydrogen-bond acceptors (Lipinski definition) is 2. The topological polar surface area (TPSA) is 32.3 Å². The summed E-state index contributed by atoms with van der Waals surface area (Å²) in [6.07, 6.45) is 5.90. The number of nitrogens with one attached hydrogen (secondary N) is 1. The van der Waals surface area contributed by atoms with Crippen molar-refractivity contribution in [2.24, 2.45) is 5.41 Å². The Bertz CT molecular complexity index is 300. The van der Waals surface area contributed by atoms with E-state index < -0.39 is 0 Å². The Morgan fingerprint density at radius 1 is 1.17 bits per heavy atom. The Morgan fingerprint density at radius 3 is 2.33 bits per heavy atom. The first-order valence-electron chi connectivity index (χ1n) is 7.49. The van der Waals surface area contributed by atoms with E-state index in [1.165, 1.54) is 12.8 Å². The molecule has 18 heavy (non-hydrogen) atoms. The number of carbonyl (C=O) groups is 1. The van der Waals surface area contributed by atoms with E-state index in [2.05, 4.69) is 37.9 Å². The lowest BCUT2D eigenvalue weighted by molar-refractivity contribution is -0.143. The van der Waals surface area contributed by atoms with Gasteiger partial charge >= 0.3 is 0 Å². The number of nitrogens with zero attached hydrogens (tertiary/aromatic N) is 1. The first-order chi connectivity index (χ1) is 8.43. The summed E-state index contributed by atoms with van der Waals surface area (Å²) in [5, 5.41) is 3.46. The van der Waals surface area contributed by atoms with Crippen molar-refractivity contribution in [3.63, 3.8) is 0 Å². The SMILES string of the molecule is CC1CCCC(C)N1C(=O)C1NCCCC1(C)C. The third kappa shape index (κ3) is 2.56. The lowest BCUT2D eigenvalue weighted by atomic mass is 9.76. The zero-order valence-electron chi connectivity index (χ0n) is 12.3. The maximum atomic E-state index is 12.9. The molecule has 3 nitrogen and oxygen atoms in total. The van der Waals surface area contributed by atoms with Gasteiger partial charge in [0.1, 0.15) is 0 Å². The van der Waals surface area contributed by atoms with Crippen molar-refractivity contribution in [2.75, 3.05) is 6.54 Å². The molecule has 2 fully saturated rings. The van der Waals surface area contributed by atoms with Gasteiger partial charge in [0.05, 0.1) is 6.04 Å². The summed E-state index contributed by atoms with van der Waals surface area (Å²) in [6, 6.07) is 0.816. The number of rotatable bonds is 1. The molecule has 3 unspecified atom stereocenters. The van der Waals surface area contributed by atoms with Gasteiger partial charge < -0.3 is 10.2 Å². The Balaban J connectivity index is 2.13. The molecule has 2 rings (SSSR count). The standard InChI is InChI=1S/C15H28N2O/c1-11-7-5-8-12(2)17(11)14(18)13-15(3,4)9-6-10-16-13/h11-13,16H,5-10H2,1-4H3. The van der Waals surface area contributed by atoms with Gasteiger partial charge in [-0.1, -0.05) is 13.8 Å². The minimum absolute atomic E-state index is 0.00856. The summed E-state index contributed by atoms with van der Waals surface area (Å²) in [7, 11) is 0. The molecule has 0 aromatic carbocycles. The second-order valence-electron chi connectivity index (χ2n) is 6.85. The Labute approximate surface area is 111 Å². The Morgan fingerprint density at radius 2 is 1.78 bits per heavy atom. The predicted octanol–water partition coefficient (Wildman–Crippen LogP) is 2.55. The van der Waals surface area contributed by atoms with Crippen LogP contribution in [0.15, 0.2) is 0 Å². The Hall–Kier alpha value is -0.570. The van der Waals surface area contributed by atoms with Gasteiger partial charge in [-0.15, -0.1) is 0 Å². The quantitative estimate of drug-likeness (QED) is 0.778. The van der Waals surface area contributed by atoms with Crippen LogP contribution in [0.3, 0.4) is 0 Å². The third-order valence-electron chi connectivity index (χ3n) is 4.82. The van der Waals surface area contributed by atoms with E-state index in [0.29, 0.717) is 18.0 Å². The predicted molar refractivity (Wildman–Crippen MR) is 74.4 cm³/mol. The highest BCUT2D eigenvalue weighted by molar-refractivity contribution is 5.83. The minimum Gasteiger partial charge on any atom is -0.336 e. The first-order valence-corrected chi connectivity index (χ1v) is 7.49. The van der Waals surface area contributed by atoms with E-state index in [1.807, 2.05) is 0 Å². The van der Waals surface area contributed by atoms with Crippen LogP contribution in [0, 0.1) is 5.41 Å². The van der Waals surface area contributed by atoms with E-state index in [0.717, 1.165) is 25.8 Å². The van der Waals surface area contributed by atoms with Crippen LogP contribution < -0.4 is 5.32 Å². The summed E-state index contributed by atoms with van der Waals surface area (Å²) < 4.78 is 0. The lowest BCUT2D eigenvalue weighted by Crippen LogP contribution is -2.60. The molecule has 3 atom stereocenters. The average Bonchev–Trinajstić information content (AvgIpc) is 2.27. The molecule has 1 amide bonds. The molecule has 2 aliphatic rings. The van der Waals surface area contributed by atoms with Crippen molar-refractivity contribution in [3.05, 3.63) is 0 Å². The fourth-order valence-corrected chi connectivity index (χ4v) is 3.64. The maximum Gasteiger partial charge on any atom is 0.240 e. The van der Waals surface area contributed by atoms with E-state index in [1.54, 1.807) is 0 Å². The zero-order valence-corrected chi connectivity index (χ0v) is 12.3. The van der Waals surface area contributed by atoms with Crippen molar-refractivity contribution in [1.82, 2.24) is 10.2 Å². The number of carbonyl (C=O) groups excluding carboxylic acids is 1. The summed E-state index contributed by atoms with van der Waals surface area (Å²) in [4.78, 5) is 15.0. The summed E-state index contributed by atoms with van der Waals surface area (Å²) in [6.45, 7) is 9.82. The highest BCUT2D eigenvalue weighted by atomic mass is 16.2. The largest absolute Gasteiger partial charge is 0.336 e. The molecule has 0 radical (unpaired) electrons. The van der Waals surface area contributed by atoms with E-state index in [-0.39, 0.29) is 11.5 Å². The van der Waals surface area contributed by atoms with Crippen molar-refractivity contribution in [1.29, 1.82) is 0 Å². The lowest BCUT2D eigenvalue weighted by Gasteiger charge is -2.46. The molecule has 1 N–H and O–H groups in total. The molecule has 104 valence electrons. The van der Waals surface area contributed by atoms with Crippen LogP contribution in [-0.2, 0) is 4.79 Å². The third-order valence-corrected chi connectivity index (χ3v) is 4.82. The van der Waals surface area contributed by atoms with Gasteiger partial charge in [0.2, 0.25) is 5.91 Å². The van der Waals surface area contributed by atoms with Crippen LogP contribution in [0.5, 0.6) is 0 Å². The molecule has 0 bridgehead atoms. The number of likely N-dealkylation sites (tertiary alicyclic amines) is 1. The first kappa shape index (κ1) is 13.9. The fraction of sp³-hybridized carbons (Fsp3) is 0.933. The molecule has 0 aromatic rings. The molecular formula is C15H28N2O. The number of hydrogen-bond donors (Lipinski definition) is 1. The zero-order chi connectivity index (χ0) is 13.3. The molecule has 0 aliphatic carbocycles. The molecule has 0 saturated carbocycles. The molecule has 2 saturated heterocycles. The van der Waals surface area contributed by atoms with Gasteiger partial charge in [0.25, 0.3) is 0 Å². The van der Waals surface area contributed by atoms with Crippen LogP contribution in [0.2, 0.25) is 0 Å². The summed E-state index contributed by atoms with van der Waals surface area (Å²) >= 11 is 0. The van der Waals surface area contributed by atoms with E-state index >= 15 is 0 Å². The summed E-state index contributed by atoms with van der Waals surface area (Å²) in [5.41, 5.74) is 0.0895. The molecular weight excluding hydrogens is 224 g/mol. The highest BCUT2D eigenvalue weighted by Crippen LogP contribution is 2.33. The molecule has 0 spiro atoms. The molecule has 2 aliphatic heterocycles. The van der Waals surface area contributed by atoms with Crippen LogP contribution in [0.4, 0.5) is 0 Å². The van der Waals surface area contributed by atoms with Gasteiger partial charge in [-0.3, -0.25) is 4.79 Å². The minimum atomic E-state index is 0.00856. The van der Waals surface area contributed by atoms with Crippen molar-refractivity contribution >= 4 is 5.91 Å². The fourth-order valence-electron chi connectivity index (χ4n) is 3.64. The van der Waals surface area contributed by atoms with Crippen molar-refractivity contribution in [3.8, 4) is 0 Å². The van der Waals surface area contributed by atoms with Crippen molar-refractivity contribution < 1.29 is 4.79 Å². The maximum absolute atomic E-state index is 12.9. The van der Waals surface area contributed by atoms with E-state index in [9.17, 15) is 4.79 Å². The second kappa shape index (κ2) is 5.20. The number of piperidine rings is 2. The van der Waals surface area contributed by atoms with Crippen molar-refractivity contribution in [2.45, 2.75) is 77.9 Å². The van der Waals surface area contributed by atoms with Crippen LogP contribution in [-0.4, -0.2) is 35.5 Å². The summed E-state index contributed by atoms with van der Waals surface area (Å²) in [5.74, 6) is 0.333. The van der Waals surface area contributed by atoms with Gasteiger partial charge in [-0.25, -0.2) is 0 Å². The monoisotopic (exact) mass is 252 g/mol. The van der Waals surface area contributed by atoms with Crippen LogP contribution >= 0.6 is 0 Å². The van der Waals surface area contributed by atoms with Crippen LogP contribution in [0.1, 0.15) is 59.8 Å². The van der Waals surface area contributed by atoms with Gasteiger partial charge in [-0.2, -0.15) is 0 Å². The van der Waals surface area contributed by atoms with E-state index in [4.69, 9.17) is 0 Å². The molecule has 0 aromatic heterocycles. The molecule has 3 heteroatoms. The van der Waals surface area contributed by atoms with Gasteiger partial charge in [0.15, 0.2) is 0 Å².